The lowest BCUT2D eigenvalue weighted by Gasteiger charge is -2.37. The number of amides is 2. The van der Waals surface area contributed by atoms with Crippen LogP contribution < -0.4 is 30.3 Å². The van der Waals surface area contributed by atoms with Crippen molar-refractivity contribution in [2.24, 2.45) is 5.41 Å². The van der Waals surface area contributed by atoms with Gasteiger partial charge in [0, 0.05) is 58.7 Å². The number of thiazole rings is 1. The van der Waals surface area contributed by atoms with Gasteiger partial charge in [-0.05, 0) is 65.9 Å². The van der Waals surface area contributed by atoms with Gasteiger partial charge in [0.25, 0.3) is 5.91 Å². The molecule has 4 aromatic carbocycles. The summed E-state index contributed by atoms with van der Waals surface area (Å²) in [5, 5.41) is 22.4. The molecule has 0 aliphatic carbocycles. The van der Waals surface area contributed by atoms with Gasteiger partial charge in [0.1, 0.15) is 29.4 Å². The van der Waals surface area contributed by atoms with Crippen LogP contribution in [0.25, 0.3) is 11.3 Å². The number of ether oxygens (including phenoxy) is 5. The van der Waals surface area contributed by atoms with E-state index in [1.54, 1.807) is 5.38 Å². The smallest absolute Gasteiger partial charge is 0.251 e. The Morgan fingerprint density at radius 3 is 2.41 bits per heavy atom. The average molecular weight is 1030 g/mol. The number of carbonyl (C=O) groups excluding carboxylic acids is 2. The van der Waals surface area contributed by atoms with E-state index in [1.165, 1.54) is 73.0 Å². The van der Waals surface area contributed by atoms with Gasteiger partial charge in [-0.25, -0.2) is 18.2 Å². The van der Waals surface area contributed by atoms with Crippen LogP contribution in [0.5, 0.6) is 11.5 Å². The molecule has 3 heterocycles. The van der Waals surface area contributed by atoms with Crippen LogP contribution in [0.4, 0.5) is 28.4 Å². The summed E-state index contributed by atoms with van der Waals surface area (Å²) in [5.41, 5.74) is -1.23. The van der Waals surface area contributed by atoms with E-state index in [4.69, 9.17) is 46.9 Å². The van der Waals surface area contributed by atoms with Crippen LogP contribution in [-0.2, 0) is 24.4 Å². The molecule has 0 spiro atoms. The van der Waals surface area contributed by atoms with Gasteiger partial charge < -0.3 is 44.5 Å². The number of methoxy groups -OCH3 is 1. The quantitative estimate of drug-likeness (QED) is 0.0535. The number of hydrogen-bond acceptors (Lipinski definition) is 12. The third-order valence-corrected chi connectivity index (χ3v) is 13.4. The first-order chi connectivity index (χ1) is 33.6. The largest absolute Gasteiger partial charge is 0.495 e. The Labute approximate surface area is 417 Å². The number of hydrogen-bond donors (Lipinski definition) is 3. The van der Waals surface area contributed by atoms with Crippen molar-refractivity contribution in [1.82, 2.24) is 15.6 Å². The third-order valence-electron chi connectivity index (χ3n) is 11.9. The fraction of sp³-hybridized carbons (Fsp3) is 0.400. The normalized spacial score (nSPS) is 19.2. The van der Waals surface area contributed by atoms with Gasteiger partial charge in [-0.2, -0.15) is 9.65 Å². The van der Waals surface area contributed by atoms with Gasteiger partial charge in [-0.15, -0.1) is 11.3 Å². The first-order valence-corrected chi connectivity index (χ1v) is 24.1. The molecule has 372 valence electrons. The Balaban J connectivity index is 0.928. The predicted molar refractivity (Wildman–Crippen MR) is 259 cm³/mol. The molecule has 1 aromatic heterocycles. The van der Waals surface area contributed by atoms with Gasteiger partial charge in [0.15, 0.2) is 16.7 Å². The first-order valence-electron chi connectivity index (χ1n) is 22.4. The van der Waals surface area contributed by atoms with Crippen LogP contribution in [0, 0.1) is 40.0 Å². The number of nitrogens with zero attached hydrogens (tertiary/aromatic N) is 3. The van der Waals surface area contributed by atoms with Crippen molar-refractivity contribution in [2.75, 3.05) is 83.2 Å². The van der Waals surface area contributed by atoms with E-state index < -0.39 is 63.9 Å². The minimum Gasteiger partial charge on any atom is -0.495 e. The van der Waals surface area contributed by atoms with E-state index in [-0.39, 0.29) is 89.9 Å². The standard InChI is InChI=1S/C50H52Cl2F4N6O7S/c1-49(2,3)26-40-50(28-57,33-11-9-30(51)25-36(33)54)41(32-6-5-7-34(52)42(32)55)44(61-40)47(64)59-37-13-8-29(24-39(37)65-4)46(63)58-14-17-66-20-21-68-22-23-69-45-31(10-12-35(53)43(45)56)38-27-70-48(60-38)62-15-18-67-19-16-62/h5-13,24-25,27,40-41,44,61H,14-23,26H2,1-4H3,(H,58,63)(H,59,64). The number of aromatic nitrogens is 1. The van der Waals surface area contributed by atoms with Crippen LogP contribution >= 0.6 is 34.5 Å². The molecule has 2 aliphatic rings. The Morgan fingerprint density at radius 2 is 1.70 bits per heavy atom. The van der Waals surface area contributed by atoms with E-state index in [0.717, 1.165) is 17.3 Å². The van der Waals surface area contributed by atoms with Gasteiger partial charge in [0.2, 0.25) is 11.7 Å². The van der Waals surface area contributed by atoms with Gasteiger partial charge in [0.05, 0.1) is 75.3 Å². The molecule has 4 atom stereocenters. The zero-order valence-corrected chi connectivity index (χ0v) is 41.1. The monoisotopic (exact) mass is 1030 g/mol. The molecule has 2 amide bonds. The topological polar surface area (TPSA) is 156 Å². The molecule has 20 heteroatoms. The summed E-state index contributed by atoms with van der Waals surface area (Å²) >= 11 is 13.8. The number of rotatable bonds is 19. The highest BCUT2D eigenvalue weighted by Gasteiger charge is 2.61. The van der Waals surface area contributed by atoms with E-state index in [0.29, 0.717) is 37.6 Å². The van der Waals surface area contributed by atoms with E-state index in [9.17, 15) is 23.6 Å². The van der Waals surface area contributed by atoms with Crippen LogP contribution in [0.2, 0.25) is 10.0 Å². The molecule has 70 heavy (non-hydrogen) atoms. The van der Waals surface area contributed by atoms with Crippen LogP contribution in [-0.4, -0.2) is 102 Å². The molecular formula is C50H52Cl2F4N6O7S. The summed E-state index contributed by atoms with van der Waals surface area (Å²) in [5.74, 6) is -6.38. The number of benzene rings is 4. The van der Waals surface area contributed by atoms with Crippen molar-refractivity contribution < 1.29 is 50.8 Å². The fourth-order valence-electron chi connectivity index (χ4n) is 8.73. The van der Waals surface area contributed by atoms with Crippen molar-refractivity contribution >= 4 is 57.2 Å². The Morgan fingerprint density at radius 1 is 0.957 bits per heavy atom. The minimum absolute atomic E-state index is 0.0589. The molecular weight excluding hydrogens is 976 g/mol. The summed E-state index contributed by atoms with van der Waals surface area (Å²) < 4.78 is 89.1. The summed E-state index contributed by atoms with van der Waals surface area (Å²) in [7, 11) is 1.36. The first kappa shape index (κ1) is 52.3. The van der Waals surface area contributed by atoms with Crippen molar-refractivity contribution in [2.45, 2.75) is 50.6 Å². The molecule has 3 N–H and O–H groups in total. The van der Waals surface area contributed by atoms with Crippen LogP contribution in [0.1, 0.15) is 54.6 Å². The number of halogens is 6. The van der Waals surface area contributed by atoms with Crippen LogP contribution in [0.15, 0.2) is 72.1 Å². The van der Waals surface area contributed by atoms with E-state index in [1.807, 2.05) is 20.8 Å². The molecule has 0 saturated carbocycles. The molecule has 13 nitrogen and oxygen atoms in total. The maximum absolute atomic E-state index is 16.1. The molecule has 4 unspecified atom stereocenters. The summed E-state index contributed by atoms with van der Waals surface area (Å²) in [6.45, 7) is 8.94. The lowest BCUT2D eigenvalue weighted by atomic mass is 9.62. The molecule has 7 rings (SSSR count). The summed E-state index contributed by atoms with van der Waals surface area (Å²) in [6, 6.07) is 15.2. The number of nitriles is 1. The number of nitrogens with one attached hydrogen (secondary N) is 3. The van der Waals surface area contributed by atoms with Crippen molar-refractivity contribution in [3.05, 3.63) is 122 Å². The highest BCUT2D eigenvalue weighted by Crippen LogP contribution is 2.53. The zero-order chi connectivity index (χ0) is 50.2. The second-order valence-electron chi connectivity index (χ2n) is 17.8. The van der Waals surface area contributed by atoms with Gasteiger partial charge in [-0.1, -0.05) is 62.2 Å². The molecule has 2 saturated heterocycles. The van der Waals surface area contributed by atoms with Gasteiger partial charge >= 0.3 is 0 Å². The highest BCUT2D eigenvalue weighted by atomic mass is 35.5. The van der Waals surface area contributed by atoms with Crippen molar-refractivity contribution in [1.29, 1.82) is 5.26 Å². The van der Waals surface area contributed by atoms with Crippen LogP contribution in [0.3, 0.4) is 0 Å². The average Bonchev–Trinajstić information content (AvgIpc) is 3.95. The second-order valence-corrected chi connectivity index (χ2v) is 19.5. The molecule has 5 aromatic rings. The summed E-state index contributed by atoms with van der Waals surface area (Å²) in [4.78, 5) is 34.4. The lowest BCUT2D eigenvalue weighted by Crippen LogP contribution is -2.45. The minimum atomic E-state index is -1.83. The molecule has 0 bridgehead atoms. The van der Waals surface area contributed by atoms with Crippen molar-refractivity contribution in [3.8, 4) is 28.8 Å². The maximum Gasteiger partial charge on any atom is 0.251 e. The third kappa shape index (κ3) is 11.8. The highest BCUT2D eigenvalue weighted by molar-refractivity contribution is 7.14. The number of anilines is 2. The second kappa shape index (κ2) is 23.1. The predicted octanol–water partition coefficient (Wildman–Crippen LogP) is 9.32. The molecule has 2 fully saturated rings. The Bertz CT molecular complexity index is 2720. The number of morpholine rings is 1. The SMILES string of the molecule is COc1cc(C(=O)NCCOCCOCCOc2c(-c3csc(N4CCOCC4)n3)ccc(F)c2F)ccc1NC(=O)C1NC(CC(C)(C)C)C(C#N)(c2ccc(Cl)cc2F)C1c1cccc(Cl)c1F. The van der Waals surface area contributed by atoms with E-state index in [2.05, 4.69) is 31.9 Å². The Kier molecular flexibility index (Phi) is 17.3. The lowest BCUT2D eigenvalue weighted by molar-refractivity contribution is -0.118. The molecule has 2 aliphatic heterocycles. The fourth-order valence-corrected chi connectivity index (χ4v) is 9.95. The van der Waals surface area contributed by atoms with Crippen molar-refractivity contribution in [3.63, 3.8) is 0 Å². The zero-order valence-electron chi connectivity index (χ0n) is 38.8. The number of carbonyl (C=O) groups is 2. The van der Waals surface area contributed by atoms with E-state index >= 15 is 8.78 Å². The molecule has 0 radical (unpaired) electrons. The maximum atomic E-state index is 16.1. The Hall–Kier alpha value is -5.52. The summed E-state index contributed by atoms with van der Waals surface area (Å²) in [6.07, 6.45) is 0.280. The van der Waals surface area contributed by atoms with Gasteiger partial charge in [-0.3, -0.25) is 9.59 Å².